The summed E-state index contributed by atoms with van der Waals surface area (Å²) in [5.41, 5.74) is 4.47. The van der Waals surface area contributed by atoms with Gasteiger partial charge in [0.05, 0.1) is 6.54 Å². The third-order valence-corrected chi connectivity index (χ3v) is 4.54. The molecule has 0 saturated heterocycles. The highest BCUT2D eigenvalue weighted by Gasteiger charge is 2.15. The molecule has 0 atom stereocenters. The molecule has 0 radical (unpaired) electrons. The molecule has 1 aromatic heterocycles. The van der Waals surface area contributed by atoms with Crippen LogP contribution in [0, 0.1) is 0 Å². The summed E-state index contributed by atoms with van der Waals surface area (Å²) in [6.07, 6.45) is 3.24. The normalized spacial score (nSPS) is 15.1. The lowest BCUT2D eigenvalue weighted by Gasteiger charge is -2.25. The summed E-state index contributed by atoms with van der Waals surface area (Å²) in [7, 11) is 0. The summed E-state index contributed by atoms with van der Waals surface area (Å²) in [5, 5.41) is 13.6. The molecule has 0 aliphatic carbocycles. The highest BCUT2D eigenvalue weighted by atomic mass is 16.5. The van der Waals surface area contributed by atoms with Crippen molar-refractivity contribution in [3.63, 3.8) is 0 Å². The Labute approximate surface area is 147 Å². The number of benzene rings is 2. The van der Waals surface area contributed by atoms with E-state index in [-0.39, 0.29) is 0 Å². The molecule has 3 aromatic rings. The largest absolute Gasteiger partial charge is 0.508 e. The maximum Gasteiger partial charge on any atom is 0.151 e. The highest BCUT2D eigenvalue weighted by Crippen LogP contribution is 2.25. The molecule has 1 aliphatic heterocycles. The number of phenolic OH excluding ortho intramolecular Hbond substituents is 1. The van der Waals surface area contributed by atoms with E-state index in [2.05, 4.69) is 16.1 Å². The molecule has 0 amide bonds. The van der Waals surface area contributed by atoms with Crippen LogP contribution in [-0.2, 0) is 6.54 Å². The van der Waals surface area contributed by atoms with Gasteiger partial charge in [0.2, 0.25) is 0 Å². The van der Waals surface area contributed by atoms with Crippen molar-refractivity contribution in [3.05, 3.63) is 78.1 Å². The number of nitrogens with zero attached hydrogens (tertiary/aromatic N) is 2. The van der Waals surface area contributed by atoms with Gasteiger partial charge in [0.1, 0.15) is 11.4 Å². The predicted molar refractivity (Wildman–Crippen MR) is 97.9 cm³/mol. The second kappa shape index (κ2) is 6.95. The lowest BCUT2D eigenvalue weighted by atomic mass is 9.99. The Bertz CT molecular complexity index is 866. The quantitative estimate of drug-likeness (QED) is 0.772. The van der Waals surface area contributed by atoms with Crippen LogP contribution >= 0.6 is 0 Å². The molecule has 4 nitrogen and oxygen atoms in total. The fourth-order valence-corrected chi connectivity index (χ4v) is 3.15. The van der Waals surface area contributed by atoms with Gasteiger partial charge >= 0.3 is 0 Å². The van der Waals surface area contributed by atoms with Gasteiger partial charge < -0.3 is 9.63 Å². The van der Waals surface area contributed by atoms with E-state index in [4.69, 9.17) is 4.52 Å². The first-order valence-corrected chi connectivity index (χ1v) is 8.50. The van der Waals surface area contributed by atoms with Crippen LogP contribution in [0.5, 0.6) is 5.75 Å². The van der Waals surface area contributed by atoms with Crippen molar-refractivity contribution < 1.29 is 9.63 Å². The molecule has 126 valence electrons. The van der Waals surface area contributed by atoms with Crippen molar-refractivity contribution in [3.8, 4) is 17.0 Å². The number of aromatic hydroxyl groups is 1. The first-order valence-electron chi connectivity index (χ1n) is 8.50. The molecule has 2 heterocycles. The van der Waals surface area contributed by atoms with E-state index >= 15 is 0 Å². The Kier molecular flexibility index (Phi) is 4.36. The number of rotatable bonds is 4. The number of hydrogen-bond donors (Lipinski definition) is 1. The predicted octanol–water partition coefficient (Wildman–Crippen LogP) is 4.34. The lowest BCUT2D eigenvalue weighted by molar-refractivity contribution is 0.251. The molecule has 0 spiro atoms. The van der Waals surface area contributed by atoms with Crippen molar-refractivity contribution in [2.24, 2.45) is 0 Å². The van der Waals surface area contributed by atoms with Crippen LogP contribution in [0.1, 0.15) is 17.7 Å². The molecule has 1 N–H and O–H groups in total. The molecule has 25 heavy (non-hydrogen) atoms. The highest BCUT2D eigenvalue weighted by molar-refractivity contribution is 5.67. The summed E-state index contributed by atoms with van der Waals surface area (Å²) in [4.78, 5) is 2.35. The van der Waals surface area contributed by atoms with E-state index in [1.807, 2.05) is 48.5 Å². The Hall–Kier alpha value is -2.85. The van der Waals surface area contributed by atoms with E-state index in [9.17, 15) is 5.11 Å². The van der Waals surface area contributed by atoms with E-state index in [0.29, 0.717) is 5.75 Å². The van der Waals surface area contributed by atoms with Gasteiger partial charge in [-0.25, -0.2) is 0 Å². The molecule has 4 rings (SSSR count). The van der Waals surface area contributed by atoms with E-state index in [1.165, 1.54) is 11.1 Å². The molecule has 0 fully saturated rings. The zero-order valence-electron chi connectivity index (χ0n) is 13.9. The molecule has 4 heteroatoms. The van der Waals surface area contributed by atoms with Crippen LogP contribution in [0.2, 0.25) is 0 Å². The third kappa shape index (κ3) is 3.64. The summed E-state index contributed by atoms with van der Waals surface area (Å²) in [6.45, 7) is 2.63. The third-order valence-electron chi connectivity index (χ3n) is 4.54. The summed E-state index contributed by atoms with van der Waals surface area (Å²) < 4.78 is 5.51. The molecule has 0 saturated carbocycles. The fraction of sp³-hybridized carbons (Fsp3) is 0.190. The average molecular weight is 332 g/mol. The van der Waals surface area contributed by atoms with Gasteiger partial charge in [-0.1, -0.05) is 53.7 Å². The second-order valence-electron chi connectivity index (χ2n) is 6.31. The minimum Gasteiger partial charge on any atom is -0.508 e. The zero-order valence-corrected chi connectivity index (χ0v) is 13.9. The van der Waals surface area contributed by atoms with Crippen LogP contribution in [0.4, 0.5) is 0 Å². The van der Waals surface area contributed by atoms with Gasteiger partial charge in [-0.15, -0.1) is 0 Å². The van der Waals surface area contributed by atoms with Gasteiger partial charge in [-0.3, -0.25) is 4.90 Å². The van der Waals surface area contributed by atoms with Gasteiger partial charge in [0.15, 0.2) is 5.76 Å². The molecule has 2 aromatic carbocycles. The Morgan fingerprint density at radius 2 is 1.80 bits per heavy atom. The fourth-order valence-electron chi connectivity index (χ4n) is 3.15. The Balaban J connectivity index is 1.40. The SMILES string of the molecule is Oc1ccc(C2=CCN(Cc3cc(-c4ccccc4)no3)CC2)cc1. The number of hydrogen-bond acceptors (Lipinski definition) is 4. The van der Waals surface area contributed by atoms with Gasteiger partial charge in [0.25, 0.3) is 0 Å². The van der Waals surface area contributed by atoms with Crippen molar-refractivity contribution in [2.45, 2.75) is 13.0 Å². The van der Waals surface area contributed by atoms with Crippen LogP contribution in [0.15, 0.2) is 71.3 Å². The minimum absolute atomic E-state index is 0.307. The first kappa shape index (κ1) is 15.7. The maximum atomic E-state index is 9.40. The second-order valence-corrected chi connectivity index (χ2v) is 6.31. The lowest BCUT2D eigenvalue weighted by Crippen LogP contribution is -2.27. The molecule has 0 unspecified atom stereocenters. The minimum atomic E-state index is 0.307. The van der Waals surface area contributed by atoms with E-state index in [0.717, 1.165) is 43.1 Å². The van der Waals surface area contributed by atoms with Crippen molar-refractivity contribution in [2.75, 3.05) is 13.1 Å². The molecular formula is C21H20N2O2. The average Bonchev–Trinajstić information content (AvgIpc) is 3.12. The van der Waals surface area contributed by atoms with E-state index < -0.39 is 0 Å². The van der Waals surface area contributed by atoms with Crippen LogP contribution in [-0.4, -0.2) is 28.3 Å². The van der Waals surface area contributed by atoms with Crippen LogP contribution in [0.3, 0.4) is 0 Å². The zero-order chi connectivity index (χ0) is 17.1. The maximum absolute atomic E-state index is 9.40. The number of aromatic nitrogens is 1. The smallest absolute Gasteiger partial charge is 0.151 e. The number of phenols is 1. The molecular weight excluding hydrogens is 312 g/mol. The van der Waals surface area contributed by atoms with Crippen LogP contribution < -0.4 is 0 Å². The topological polar surface area (TPSA) is 49.5 Å². The van der Waals surface area contributed by atoms with Gasteiger partial charge in [-0.05, 0) is 29.7 Å². The summed E-state index contributed by atoms with van der Waals surface area (Å²) in [5.74, 6) is 1.20. The monoisotopic (exact) mass is 332 g/mol. The van der Waals surface area contributed by atoms with Crippen molar-refractivity contribution in [1.29, 1.82) is 0 Å². The summed E-state index contributed by atoms with van der Waals surface area (Å²) >= 11 is 0. The Morgan fingerprint density at radius 1 is 1.00 bits per heavy atom. The Morgan fingerprint density at radius 3 is 2.52 bits per heavy atom. The van der Waals surface area contributed by atoms with Crippen molar-refractivity contribution in [1.82, 2.24) is 10.1 Å². The first-order chi connectivity index (χ1) is 12.3. The summed E-state index contributed by atoms with van der Waals surface area (Å²) in [6, 6.07) is 19.5. The van der Waals surface area contributed by atoms with Crippen LogP contribution in [0.25, 0.3) is 16.8 Å². The standard InChI is InChI=1S/C21H20N2O2/c24-19-8-6-16(7-9-19)17-10-12-23(13-11-17)15-20-14-21(22-25-20)18-4-2-1-3-5-18/h1-10,14,24H,11-13,15H2. The molecule has 0 bridgehead atoms. The van der Waals surface area contributed by atoms with E-state index in [1.54, 1.807) is 12.1 Å². The van der Waals surface area contributed by atoms with Gasteiger partial charge in [0, 0.05) is 24.7 Å². The van der Waals surface area contributed by atoms with Gasteiger partial charge in [-0.2, -0.15) is 0 Å². The van der Waals surface area contributed by atoms with Crippen molar-refractivity contribution >= 4 is 5.57 Å². The molecule has 1 aliphatic rings.